The van der Waals surface area contributed by atoms with Crippen LogP contribution in [0.2, 0.25) is 0 Å². The Bertz CT molecular complexity index is 373. The normalized spacial score (nSPS) is 21.1. The van der Waals surface area contributed by atoms with Crippen molar-refractivity contribution in [2.45, 2.75) is 26.3 Å². The molecule has 1 atom stereocenters. The molecule has 0 bridgehead atoms. The first-order valence-electron chi connectivity index (χ1n) is 4.90. The lowest BCUT2D eigenvalue weighted by atomic mass is 10.1. The van der Waals surface area contributed by atoms with Gasteiger partial charge in [-0.3, -0.25) is 9.59 Å². The lowest BCUT2D eigenvalue weighted by molar-refractivity contribution is -0.133. The molecule has 1 heterocycles. The number of rotatable bonds is 3. The van der Waals surface area contributed by atoms with Gasteiger partial charge in [0.25, 0.3) is 0 Å². The number of carbonyl (C=O) groups excluding carboxylic acids is 2. The fourth-order valence-corrected chi connectivity index (χ4v) is 1.33. The maximum absolute atomic E-state index is 11.6. The van der Waals surface area contributed by atoms with E-state index in [1.807, 2.05) is 0 Å². The van der Waals surface area contributed by atoms with E-state index in [0.717, 1.165) is 0 Å². The van der Waals surface area contributed by atoms with Crippen LogP contribution in [0.25, 0.3) is 0 Å². The maximum atomic E-state index is 11.6. The molecule has 0 aromatic carbocycles. The quantitative estimate of drug-likeness (QED) is 0.560. The molecule has 0 radical (unpaired) electrons. The minimum atomic E-state index is -1.12. The summed E-state index contributed by atoms with van der Waals surface area (Å²) in [6.45, 7) is 3.21. The van der Waals surface area contributed by atoms with Crippen LogP contribution in [0.5, 0.6) is 0 Å². The van der Waals surface area contributed by atoms with Gasteiger partial charge in [0.15, 0.2) is 0 Å². The monoisotopic (exact) mass is 226 g/mol. The van der Waals surface area contributed by atoms with Crippen molar-refractivity contribution in [2.24, 2.45) is 0 Å². The van der Waals surface area contributed by atoms with Gasteiger partial charge in [-0.25, -0.2) is 4.79 Å². The molecule has 0 aromatic rings. The molecule has 1 aliphatic heterocycles. The van der Waals surface area contributed by atoms with Gasteiger partial charge >= 0.3 is 5.97 Å². The molecule has 1 saturated heterocycles. The van der Waals surface area contributed by atoms with Crippen LogP contribution in [-0.4, -0.2) is 35.5 Å². The zero-order valence-electron chi connectivity index (χ0n) is 9.16. The second-order valence-corrected chi connectivity index (χ2v) is 3.73. The summed E-state index contributed by atoms with van der Waals surface area (Å²) in [7, 11) is 0. The highest BCUT2D eigenvalue weighted by molar-refractivity contribution is 6.01. The largest absolute Gasteiger partial charge is 0.478 e. The number of aliphatic carboxylic acids is 1. The summed E-state index contributed by atoms with van der Waals surface area (Å²) in [5.41, 5.74) is 0.168. The summed E-state index contributed by atoms with van der Waals surface area (Å²) in [6.07, 6.45) is 0.241. The Morgan fingerprint density at radius 1 is 1.38 bits per heavy atom. The van der Waals surface area contributed by atoms with E-state index >= 15 is 0 Å². The van der Waals surface area contributed by atoms with Crippen LogP contribution < -0.4 is 10.6 Å². The predicted molar refractivity (Wildman–Crippen MR) is 55.6 cm³/mol. The highest BCUT2D eigenvalue weighted by Crippen LogP contribution is 2.06. The third-order valence-electron chi connectivity index (χ3n) is 2.54. The summed E-state index contributed by atoms with van der Waals surface area (Å²) in [4.78, 5) is 33.1. The van der Waals surface area contributed by atoms with Crippen molar-refractivity contribution in [3.8, 4) is 0 Å². The fourth-order valence-electron chi connectivity index (χ4n) is 1.33. The van der Waals surface area contributed by atoms with Gasteiger partial charge in [-0.15, -0.1) is 0 Å². The molecule has 0 aliphatic carbocycles. The standard InChI is InChI=1S/C10H14N2O4/c1-5(6(2)10(15)16)9(14)12-7-3-8(13)11-4-7/h7H,3-4H2,1-2H3,(H,11,13)(H,12,14)(H,15,16). The van der Waals surface area contributed by atoms with Crippen molar-refractivity contribution >= 4 is 17.8 Å². The lowest BCUT2D eigenvalue weighted by Gasteiger charge is -2.11. The average molecular weight is 226 g/mol. The minimum Gasteiger partial charge on any atom is -0.478 e. The molecule has 1 fully saturated rings. The molecule has 3 N–H and O–H groups in total. The maximum Gasteiger partial charge on any atom is 0.331 e. The summed E-state index contributed by atoms with van der Waals surface area (Å²) < 4.78 is 0. The minimum absolute atomic E-state index is 0.00906. The van der Waals surface area contributed by atoms with E-state index in [1.165, 1.54) is 13.8 Å². The van der Waals surface area contributed by atoms with Crippen LogP contribution in [0, 0.1) is 0 Å². The molecule has 1 rings (SSSR count). The van der Waals surface area contributed by atoms with Crippen molar-refractivity contribution in [3.05, 3.63) is 11.1 Å². The van der Waals surface area contributed by atoms with Crippen LogP contribution in [0.3, 0.4) is 0 Å². The highest BCUT2D eigenvalue weighted by atomic mass is 16.4. The molecular formula is C10H14N2O4. The molecule has 6 heteroatoms. The number of carboxylic acid groups (broad SMARTS) is 1. The Morgan fingerprint density at radius 2 is 2.00 bits per heavy atom. The van der Waals surface area contributed by atoms with Crippen molar-refractivity contribution in [3.63, 3.8) is 0 Å². The molecule has 0 spiro atoms. The summed E-state index contributed by atoms with van der Waals surface area (Å²) >= 11 is 0. The number of hydrogen-bond donors (Lipinski definition) is 3. The topological polar surface area (TPSA) is 95.5 Å². The molecule has 16 heavy (non-hydrogen) atoms. The Balaban J connectivity index is 2.62. The Morgan fingerprint density at radius 3 is 2.44 bits per heavy atom. The molecular weight excluding hydrogens is 212 g/mol. The van der Waals surface area contributed by atoms with Crippen LogP contribution >= 0.6 is 0 Å². The Hall–Kier alpha value is -1.85. The van der Waals surface area contributed by atoms with Gasteiger partial charge in [0, 0.05) is 24.1 Å². The molecule has 0 aromatic heterocycles. The van der Waals surface area contributed by atoms with Gasteiger partial charge in [-0.05, 0) is 13.8 Å². The lowest BCUT2D eigenvalue weighted by Crippen LogP contribution is -2.37. The Kier molecular flexibility index (Phi) is 3.65. The van der Waals surface area contributed by atoms with E-state index in [4.69, 9.17) is 5.11 Å². The van der Waals surface area contributed by atoms with Crippen molar-refractivity contribution < 1.29 is 19.5 Å². The van der Waals surface area contributed by atoms with Crippen LogP contribution in [0.4, 0.5) is 0 Å². The number of carbonyl (C=O) groups is 3. The van der Waals surface area contributed by atoms with Gasteiger partial charge in [0.2, 0.25) is 11.8 Å². The summed E-state index contributed by atoms with van der Waals surface area (Å²) in [6, 6.07) is -0.253. The van der Waals surface area contributed by atoms with Gasteiger partial charge < -0.3 is 15.7 Å². The predicted octanol–water partition coefficient (Wildman–Crippen LogP) is -0.588. The third-order valence-corrected chi connectivity index (χ3v) is 2.54. The third kappa shape index (κ3) is 2.82. The second-order valence-electron chi connectivity index (χ2n) is 3.73. The van der Waals surface area contributed by atoms with Crippen LogP contribution in [0.1, 0.15) is 20.3 Å². The van der Waals surface area contributed by atoms with Crippen molar-refractivity contribution in [1.82, 2.24) is 10.6 Å². The summed E-state index contributed by atoms with van der Waals surface area (Å²) in [5.74, 6) is -1.67. The molecule has 0 saturated carbocycles. The van der Waals surface area contributed by atoms with Gasteiger partial charge in [-0.1, -0.05) is 0 Å². The molecule has 1 aliphatic rings. The van der Waals surface area contributed by atoms with Crippen LogP contribution in [0.15, 0.2) is 11.1 Å². The summed E-state index contributed by atoms with van der Waals surface area (Å²) in [5, 5.41) is 13.9. The number of nitrogens with one attached hydrogen (secondary N) is 2. The highest BCUT2D eigenvalue weighted by Gasteiger charge is 2.24. The second kappa shape index (κ2) is 4.78. The van der Waals surface area contributed by atoms with Crippen molar-refractivity contribution in [1.29, 1.82) is 0 Å². The van der Waals surface area contributed by atoms with E-state index in [2.05, 4.69) is 10.6 Å². The number of carboxylic acids is 1. The van der Waals surface area contributed by atoms with Crippen LogP contribution in [-0.2, 0) is 14.4 Å². The van der Waals surface area contributed by atoms with Gasteiger partial charge in [0.05, 0.1) is 6.04 Å². The first kappa shape index (κ1) is 12.2. The van der Waals surface area contributed by atoms with Crippen molar-refractivity contribution in [2.75, 3.05) is 6.54 Å². The fraction of sp³-hybridized carbons (Fsp3) is 0.500. The first-order valence-corrected chi connectivity index (χ1v) is 4.90. The molecule has 1 unspecified atom stereocenters. The van der Waals surface area contributed by atoms with Gasteiger partial charge in [0.1, 0.15) is 0 Å². The molecule has 6 nitrogen and oxygen atoms in total. The van der Waals surface area contributed by atoms with E-state index in [1.54, 1.807) is 0 Å². The zero-order chi connectivity index (χ0) is 12.3. The van der Waals surface area contributed by atoms with Gasteiger partial charge in [-0.2, -0.15) is 0 Å². The molecule has 2 amide bonds. The zero-order valence-corrected chi connectivity index (χ0v) is 9.16. The molecule has 88 valence electrons. The van der Waals surface area contributed by atoms with E-state index in [9.17, 15) is 14.4 Å². The number of amides is 2. The van der Waals surface area contributed by atoms with E-state index in [0.29, 0.717) is 6.54 Å². The van der Waals surface area contributed by atoms with E-state index in [-0.39, 0.29) is 29.5 Å². The SMILES string of the molecule is CC(C(=O)O)=C(C)C(=O)NC1CNC(=O)C1. The Labute approximate surface area is 92.7 Å². The first-order chi connectivity index (χ1) is 7.41. The smallest absolute Gasteiger partial charge is 0.331 e. The average Bonchev–Trinajstić information content (AvgIpc) is 2.61. The van der Waals surface area contributed by atoms with E-state index < -0.39 is 11.9 Å². The number of hydrogen-bond acceptors (Lipinski definition) is 3.